The van der Waals surface area contributed by atoms with E-state index in [1.807, 2.05) is 0 Å². The molecular weight excluding hydrogens is 341 g/mol. The van der Waals surface area contributed by atoms with E-state index in [-0.39, 0.29) is 18.9 Å². The van der Waals surface area contributed by atoms with Gasteiger partial charge in [0.2, 0.25) is 0 Å². The van der Waals surface area contributed by atoms with E-state index in [4.69, 9.17) is 4.74 Å². The fraction of sp³-hybridized carbons (Fsp3) is 0.286. The summed E-state index contributed by atoms with van der Waals surface area (Å²) < 4.78 is 43.9. The Morgan fingerprint density at radius 2 is 1.92 bits per heavy atom. The Labute approximate surface area is 139 Å². The molecule has 0 aliphatic carbocycles. The number of tetrazole rings is 1. The van der Waals surface area contributed by atoms with E-state index in [0.29, 0.717) is 11.5 Å². The van der Waals surface area contributed by atoms with Gasteiger partial charge < -0.3 is 15.2 Å². The molecule has 0 bridgehead atoms. The number of nitrogens with zero attached hydrogens (tertiary/aromatic N) is 5. The molecule has 0 saturated heterocycles. The summed E-state index contributed by atoms with van der Waals surface area (Å²) in [7, 11) is 0. The second-order valence-corrected chi connectivity index (χ2v) is 5.11. The minimum atomic E-state index is -4.39. The van der Waals surface area contributed by atoms with E-state index in [1.54, 1.807) is 12.1 Å². The number of fused-ring (bicyclic) bond motifs is 1. The smallest absolute Gasteiger partial charge is 0.416 e. The average Bonchev–Trinajstić information content (AvgIpc) is 3.05. The Kier molecular flexibility index (Phi) is 4.65. The predicted octanol–water partition coefficient (Wildman–Crippen LogP) is 1.39. The maximum absolute atomic E-state index is 12.5. The number of alkyl halides is 3. The van der Waals surface area contributed by atoms with Crippen molar-refractivity contribution in [2.45, 2.75) is 12.3 Å². The first-order valence-electron chi connectivity index (χ1n) is 7.19. The second kappa shape index (κ2) is 6.89. The first-order chi connectivity index (χ1) is 11.9. The van der Waals surface area contributed by atoms with Crippen LogP contribution < -0.4 is 10.1 Å². The molecule has 0 aliphatic rings. The third-order valence-corrected chi connectivity index (χ3v) is 3.21. The molecule has 11 heteroatoms. The molecule has 2 N–H and O–H groups in total. The molecule has 1 aromatic carbocycles. The maximum atomic E-state index is 12.5. The van der Waals surface area contributed by atoms with Crippen molar-refractivity contribution in [1.82, 2.24) is 25.3 Å². The number of ether oxygens (including phenoxy) is 1. The molecule has 1 atom stereocenters. The van der Waals surface area contributed by atoms with Crippen LogP contribution in [0.1, 0.15) is 5.56 Å². The number of hydrogen-bond acceptors (Lipinski definition) is 7. The van der Waals surface area contributed by atoms with Crippen LogP contribution in [0.15, 0.2) is 36.4 Å². The van der Waals surface area contributed by atoms with Gasteiger partial charge in [-0.1, -0.05) is 0 Å². The van der Waals surface area contributed by atoms with E-state index in [9.17, 15) is 18.3 Å². The van der Waals surface area contributed by atoms with Gasteiger partial charge in [0.05, 0.1) is 5.56 Å². The highest BCUT2D eigenvalue weighted by Gasteiger charge is 2.30. The van der Waals surface area contributed by atoms with Crippen LogP contribution in [0.4, 0.5) is 19.0 Å². The van der Waals surface area contributed by atoms with Crippen molar-refractivity contribution in [3.05, 3.63) is 42.0 Å². The normalized spacial score (nSPS) is 13.0. The number of rotatable bonds is 6. The van der Waals surface area contributed by atoms with Gasteiger partial charge in [0.15, 0.2) is 5.65 Å². The standard InChI is InChI=1S/C14H13F3N6O2/c15-14(16,17)9-1-3-11(4-2-9)25-8-10(24)7-18-12-5-6-13-19-21-22-23(13)20-12/h1-6,10,24H,7-8H2,(H,18,20). The lowest BCUT2D eigenvalue weighted by Gasteiger charge is -2.14. The quantitative estimate of drug-likeness (QED) is 0.690. The summed E-state index contributed by atoms with van der Waals surface area (Å²) in [5.41, 5.74) is -0.275. The van der Waals surface area contributed by atoms with E-state index < -0.39 is 17.8 Å². The van der Waals surface area contributed by atoms with Crippen LogP contribution in [0.25, 0.3) is 5.65 Å². The van der Waals surface area contributed by atoms with Crippen molar-refractivity contribution in [2.75, 3.05) is 18.5 Å². The first-order valence-corrected chi connectivity index (χ1v) is 7.19. The molecule has 0 saturated carbocycles. The zero-order chi connectivity index (χ0) is 17.9. The van der Waals surface area contributed by atoms with E-state index in [2.05, 4.69) is 25.9 Å². The Hall–Kier alpha value is -2.95. The molecular formula is C14H13F3N6O2. The molecule has 0 spiro atoms. The number of aliphatic hydroxyl groups excluding tert-OH is 1. The van der Waals surface area contributed by atoms with Gasteiger partial charge in [-0.15, -0.1) is 14.8 Å². The van der Waals surface area contributed by atoms with Crippen molar-refractivity contribution in [1.29, 1.82) is 0 Å². The largest absolute Gasteiger partial charge is 0.491 e. The SMILES string of the molecule is OC(CNc1ccc2nnnn2n1)COc1ccc(C(F)(F)F)cc1. The van der Waals surface area contributed by atoms with Crippen molar-refractivity contribution >= 4 is 11.5 Å². The second-order valence-electron chi connectivity index (χ2n) is 5.11. The molecule has 0 radical (unpaired) electrons. The van der Waals surface area contributed by atoms with Crippen LogP contribution in [-0.2, 0) is 6.18 Å². The molecule has 1 unspecified atom stereocenters. The summed E-state index contributed by atoms with van der Waals surface area (Å²) in [6.45, 7) is 0.0345. The zero-order valence-corrected chi connectivity index (χ0v) is 12.7. The van der Waals surface area contributed by atoms with Crippen LogP contribution >= 0.6 is 0 Å². The van der Waals surface area contributed by atoms with E-state index in [0.717, 1.165) is 12.1 Å². The van der Waals surface area contributed by atoms with Gasteiger partial charge in [-0.3, -0.25) is 0 Å². The van der Waals surface area contributed by atoms with Crippen molar-refractivity contribution < 1.29 is 23.0 Å². The Balaban J connectivity index is 1.48. The number of benzene rings is 1. The highest BCUT2D eigenvalue weighted by atomic mass is 19.4. The molecule has 132 valence electrons. The number of nitrogens with one attached hydrogen (secondary N) is 1. The third-order valence-electron chi connectivity index (χ3n) is 3.21. The molecule has 0 aliphatic heterocycles. The topological polar surface area (TPSA) is 97.5 Å². The molecule has 0 fully saturated rings. The molecule has 8 nitrogen and oxygen atoms in total. The Morgan fingerprint density at radius 3 is 2.64 bits per heavy atom. The summed E-state index contributed by atoms with van der Waals surface area (Å²) in [5, 5.41) is 27.7. The fourth-order valence-electron chi connectivity index (χ4n) is 1.96. The van der Waals surface area contributed by atoms with Crippen molar-refractivity contribution in [3.8, 4) is 5.75 Å². The highest BCUT2D eigenvalue weighted by Crippen LogP contribution is 2.30. The summed E-state index contributed by atoms with van der Waals surface area (Å²) in [6, 6.07) is 7.55. The third kappa shape index (κ3) is 4.32. The molecule has 2 aromatic heterocycles. The van der Waals surface area contributed by atoms with Gasteiger partial charge in [-0.05, 0) is 46.8 Å². The minimum Gasteiger partial charge on any atom is -0.491 e. The molecule has 2 heterocycles. The van der Waals surface area contributed by atoms with E-state index >= 15 is 0 Å². The van der Waals surface area contributed by atoms with Gasteiger partial charge in [-0.25, -0.2) is 0 Å². The van der Waals surface area contributed by atoms with Gasteiger partial charge >= 0.3 is 6.18 Å². The van der Waals surface area contributed by atoms with Crippen LogP contribution in [0, 0.1) is 0 Å². The molecule has 3 aromatic rings. The number of hydrogen-bond donors (Lipinski definition) is 2. The summed E-state index contributed by atoms with van der Waals surface area (Å²) >= 11 is 0. The number of aromatic nitrogens is 5. The lowest BCUT2D eigenvalue weighted by molar-refractivity contribution is -0.137. The van der Waals surface area contributed by atoms with Gasteiger partial charge in [0, 0.05) is 6.54 Å². The predicted molar refractivity (Wildman–Crippen MR) is 80.0 cm³/mol. The molecule has 25 heavy (non-hydrogen) atoms. The van der Waals surface area contributed by atoms with Gasteiger partial charge in [-0.2, -0.15) is 13.2 Å². The Bertz CT molecular complexity index is 836. The lowest BCUT2D eigenvalue weighted by atomic mass is 10.2. The number of aliphatic hydroxyl groups is 1. The van der Waals surface area contributed by atoms with Gasteiger partial charge in [0.1, 0.15) is 24.3 Å². The summed E-state index contributed by atoms with van der Waals surface area (Å²) in [4.78, 5) is 0. The monoisotopic (exact) mass is 354 g/mol. The van der Waals surface area contributed by atoms with Crippen LogP contribution in [-0.4, -0.2) is 49.6 Å². The van der Waals surface area contributed by atoms with Crippen LogP contribution in [0.2, 0.25) is 0 Å². The summed E-state index contributed by atoms with van der Waals surface area (Å²) in [6.07, 6.45) is -5.29. The first kappa shape index (κ1) is 16.9. The zero-order valence-electron chi connectivity index (χ0n) is 12.7. The number of anilines is 1. The van der Waals surface area contributed by atoms with Crippen LogP contribution in [0.5, 0.6) is 5.75 Å². The fourth-order valence-corrected chi connectivity index (χ4v) is 1.96. The maximum Gasteiger partial charge on any atom is 0.416 e. The van der Waals surface area contributed by atoms with Crippen LogP contribution in [0.3, 0.4) is 0 Å². The van der Waals surface area contributed by atoms with Gasteiger partial charge in [0.25, 0.3) is 0 Å². The average molecular weight is 354 g/mol. The molecule has 0 amide bonds. The number of halogens is 3. The van der Waals surface area contributed by atoms with Crippen molar-refractivity contribution in [2.24, 2.45) is 0 Å². The highest BCUT2D eigenvalue weighted by molar-refractivity contribution is 5.42. The molecule has 3 rings (SSSR count). The van der Waals surface area contributed by atoms with E-state index in [1.165, 1.54) is 16.8 Å². The summed E-state index contributed by atoms with van der Waals surface area (Å²) in [5.74, 6) is 0.689. The lowest BCUT2D eigenvalue weighted by Crippen LogP contribution is -2.26. The van der Waals surface area contributed by atoms with Crippen molar-refractivity contribution in [3.63, 3.8) is 0 Å². The Morgan fingerprint density at radius 1 is 1.16 bits per heavy atom. The minimum absolute atomic E-state index is 0.0918.